The highest BCUT2D eigenvalue weighted by molar-refractivity contribution is 5.94. The first-order chi connectivity index (χ1) is 16.9. The summed E-state index contributed by atoms with van der Waals surface area (Å²) in [6.07, 6.45) is 4.04. The quantitative estimate of drug-likeness (QED) is 0.544. The molecular weight excluding hydrogens is 446 g/mol. The van der Waals surface area contributed by atoms with Gasteiger partial charge < -0.3 is 14.5 Å². The van der Waals surface area contributed by atoms with E-state index in [4.69, 9.17) is 4.74 Å². The van der Waals surface area contributed by atoms with Crippen molar-refractivity contribution < 1.29 is 14.3 Å². The number of para-hydroxylation sites is 1. The maximum Gasteiger partial charge on any atom is 0.409 e. The molecule has 0 bridgehead atoms. The van der Waals surface area contributed by atoms with Gasteiger partial charge in [-0.25, -0.2) is 9.48 Å². The maximum absolute atomic E-state index is 13.6. The minimum absolute atomic E-state index is 0.127. The molecule has 9 heteroatoms. The van der Waals surface area contributed by atoms with Crippen LogP contribution in [0.2, 0.25) is 0 Å². The predicted molar refractivity (Wildman–Crippen MR) is 131 cm³/mol. The highest BCUT2D eigenvalue weighted by Gasteiger charge is 2.32. The molecule has 1 aromatic carbocycles. The summed E-state index contributed by atoms with van der Waals surface area (Å²) in [7, 11) is 1.85. The zero-order valence-electron chi connectivity index (χ0n) is 20.4. The van der Waals surface area contributed by atoms with E-state index in [1.807, 2.05) is 49.0 Å². The molecule has 184 valence electrons. The fraction of sp³-hybridized carbons (Fsp3) is 0.385. The van der Waals surface area contributed by atoms with E-state index in [9.17, 15) is 14.4 Å². The van der Waals surface area contributed by atoms with Crippen molar-refractivity contribution in [3.05, 3.63) is 82.0 Å². The van der Waals surface area contributed by atoms with Crippen molar-refractivity contribution in [3.8, 4) is 5.69 Å². The summed E-state index contributed by atoms with van der Waals surface area (Å²) < 4.78 is 8.58. The smallest absolute Gasteiger partial charge is 0.409 e. The molecule has 4 rings (SSSR count). The topological polar surface area (TPSA) is 89.7 Å². The molecule has 0 saturated carbocycles. The molecule has 0 N–H and O–H groups in total. The van der Waals surface area contributed by atoms with Crippen LogP contribution in [0.4, 0.5) is 4.79 Å². The largest absolute Gasteiger partial charge is 0.450 e. The van der Waals surface area contributed by atoms with Gasteiger partial charge in [-0.2, -0.15) is 0 Å². The lowest BCUT2D eigenvalue weighted by Crippen LogP contribution is -2.49. The van der Waals surface area contributed by atoms with Crippen LogP contribution in [0, 0.1) is 6.92 Å². The lowest BCUT2D eigenvalue weighted by Gasteiger charge is -2.38. The monoisotopic (exact) mass is 477 g/mol. The number of nitrogens with zero attached hydrogens (tertiary/aromatic N) is 5. The molecule has 0 radical (unpaired) electrons. The Labute approximate surface area is 204 Å². The molecule has 2 amide bonds. The number of aromatic nitrogens is 3. The van der Waals surface area contributed by atoms with E-state index in [0.717, 1.165) is 11.4 Å². The SMILES string of the molecule is CCOC(=O)N1CCC(N(Cc2c(C)n(C)n(-c3ccccc3)c2=O)C(=O)c2cccnc2)CC1. The third-order valence-corrected chi connectivity index (χ3v) is 6.60. The van der Waals surface area contributed by atoms with E-state index in [0.29, 0.717) is 43.7 Å². The van der Waals surface area contributed by atoms with Crippen LogP contribution in [-0.4, -0.2) is 61.9 Å². The van der Waals surface area contributed by atoms with Gasteiger partial charge in [-0.1, -0.05) is 18.2 Å². The van der Waals surface area contributed by atoms with Gasteiger partial charge in [0.2, 0.25) is 0 Å². The Kier molecular flexibility index (Phi) is 7.33. The number of hydrogen-bond donors (Lipinski definition) is 0. The lowest BCUT2D eigenvalue weighted by molar-refractivity contribution is 0.0515. The van der Waals surface area contributed by atoms with Crippen molar-refractivity contribution in [3.63, 3.8) is 0 Å². The number of benzene rings is 1. The molecule has 3 heterocycles. The van der Waals surface area contributed by atoms with Gasteiger partial charge in [0.25, 0.3) is 11.5 Å². The molecule has 2 aromatic heterocycles. The number of carbonyl (C=O) groups excluding carboxylic acids is 2. The number of pyridine rings is 1. The molecule has 1 aliphatic rings. The predicted octanol–water partition coefficient (Wildman–Crippen LogP) is 3.14. The Morgan fingerprint density at radius 1 is 1.11 bits per heavy atom. The molecule has 0 spiro atoms. The number of rotatable bonds is 6. The Morgan fingerprint density at radius 3 is 2.46 bits per heavy atom. The normalized spacial score (nSPS) is 14.1. The Hall–Kier alpha value is -3.88. The molecule has 1 saturated heterocycles. The second-order valence-electron chi connectivity index (χ2n) is 8.63. The fourth-order valence-corrected chi connectivity index (χ4v) is 4.57. The molecule has 35 heavy (non-hydrogen) atoms. The maximum atomic E-state index is 13.6. The molecule has 0 atom stereocenters. The van der Waals surface area contributed by atoms with E-state index in [1.54, 1.807) is 45.9 Å². The van der Waals surface area contributed by atoms with Crippen LogP contribution in [0.25, 0.3) is 5.69 Å². The van der Waals surface area contributed by atoms with E-state index < -0.39 is 0 Å². The highest BCUT2D eigenvalue weighted by atomic mass is 16.6. The minimum atomic E-state index is -0.333. The van der Waals surface area contributed by atoms with Gasteiger partial charge in [-0.15, -0.1) is 0 Å². The summed E-state index contributed by atoms with van der Waals surface area (Å²) in [4.78, 5) is 46.8. The number of piperidine rings is 1. The van der Waals surface area contributed by atoms with Crippen LogP contribution in [0.1, 0.15) is 41.4 Å². The standard InChI is InChI=1S/C26H31N5O4/c1-4-35-26(34)29-15-12-21(13-16-29)30(24(32)20-9-8-14-27-17-20)18-23-19(2)28(3)31(25(23)33)22-10-6-5-7-11-22/h5-11,14,17,21H,4,12-13,15-16,18H2,1-3H3. The van der Waals surface area contributed by atoms with Crippen molar-refractivity contribution >= 4 is 12.0 Å². The summed E-state index contributed by atoms with van der Waals surface area (Å²) >= 11 is 0. The molecule has 1 fully saturated rings. The number of ether oxygens (including phenoxy) is 1. The van der Waals surface area contributed by atoms with E-state index in [2.05, 4.69) is 4.98 Å². The van der Waals surface area contributed by atoms with Gasteiger partial charge >= 0.3 is 6.09 Å². The van der Waals surface area contributed by atoms with Crippen molar-refractivity contribution in [2.75, 3.05) is 19.7 Å². The third-order valence-electron chi connectivity index (χ3n) is 6.60. The number of likely N-dealkylation sites (tertiary alicyclic amines) is 1. The minimum Gasteiger partial charge on any atom is -0.450 e. The Bertz CT molecular complexity index is 1230. The van der Waals surface area contributed by atoms with Crippen molar-refractivity contribution in [2.24, 2.45) is 7.05 Å². The molecule has 9 nitrogen and oxygen atoms in total. The highest BCUT2D eigenvalue weighted by Crippen LogP contribution is 2.23. The van der Waals surface area contributed by atoms with Gasteiger partial charge in [-0.05, 0) is 51.0 Å². The van der Waals surface area contributed by atoms with E-state index >= 15 is 0 Å². The van der Waals surface area contributed by atoms with Gasteiger partial charge in [0, 0.05) is 44.3 Å². The first-order valence-corrected chi connectivity index (χ1v) is 11.9. The third kappa shape index (κ3) is 4.99. The molecule has 3 aromatic rings. The van der Waals surface area contributed by atoms with Crippen LogP contribution < -0.4 is 5.56 Å². The van der Waals surface area contributed by atoms with Gasteiger partial charge in [0.15, 0.2) is 0 Å². The van der Waals surface area contributed by atoms with Crippen LogP contribution in [-0.2, 0) is 18.3 Å². The second kappa shape index (κ2) is 10.6. The van der Waals surface area contributed by atoms with Crippen LogP contribution in [0.5, 0.6) is 0 Å². The lowest BCUT2D eigenvalue weighted by atomic mass is 10.0. The average Bonchev–Trinajstić information content (AvgIpc) is 3.10. The second-order valence-corrected chi connectivity index (χ2v) is 8.63. The summed E-state index contributed by atoms with van der Waals surface area (Å²) in [5.41, 5.74) is 2.46. The number of carbonyl (C=O) groups is 2. The molecular formula is C26H31N5O4. The fourth-order valence-electron chi connectivity index (χ4n) is 4.57. The van der Waals surface area contributed by atoms with Gasteiger partial charge in [0.1, 0.15) is 0 Å². The first kappa shape index (κ1) is 24.3. The van der Waals surface area contributed by atoms with E-state index in [-0.39, 0.29) is 30.1 Å². The zero-order chi connectivity index (χ0) is 24.9. The van der Waals surface area contributed by atoms with Crippen molar-refractivity contribution in [1.82, 2.24) is 24.1 Å². The van der Waals surface area contributed by atoms with Crippen LogP contribution in [0.3, 0.4) is 0 Å². The zero-order valence-corrected chi connectivity index (χ0v) is 20.4. The number of amides is 2. The first-order valence-electron chi connectivity index (χ1n) is 11.9. The molecule has 0 aliphatic carbocycles. The average molecular weight is 478 g/mol. The van der Waals surface area contributed by atoms with Crippen LogP contribution >= 0.6 is 0 Å². The van der Waals surface area contributed by atoms with Gasteiger partial charge in [-0.3, -0.25) is 19.3 Å². The van der Waals surface area contributed by atoms with Crippen LogP contribution in [0.15, 0.2) is 59.7 Å². The van der Waals surface area contributed by atoms with Crippen molar-refractivity contribution in [2.45, 2.75) is 39.3 Å². The summed E-state index contributed by atoms with van der Waals surface area (Å²) in [5.74, 6) is -0.179. The summed E-state index contributed by atoms with van der Waals surface area (Å²) in [5, 5.41) is 0. The van der Waals surface area contributed by atoms with Gasteiger partial charge in [0.05, 0.1) is 30.0 Å². The summed E-state index contributed by atoms with van der Waals surface area (Å²) in [6.45, 7) is 5.15. The summed E-state index contributed by atoms with van der Waals surface area (Å²) in [6, 6.07) is 12.8. The number of hydrogen-bond acceptors (Lipinski definition) is 5. The Balaban J connectivity index is 1.65. The Morgan fingerprint density at radius 2 is 1.83 bits per heavy atom. The molecule has 0 unspecified atom stereocenters. The van der Waals surface area contributed by atoms with Crippen molar-refractivity contribution in [1.29, 1.82) is 0 Å². The van der Waals surface area contributed by atoms with E-state index in [1.165, 1.54) is 0 Å². The molecule has 1 aliphatic heterocycles.